The molecule has 22 heavy (non-hydrogen) atoms. The van der Waals surface area contributed by atoms with Crippen LogP contribution in [0, 0.1) is 0 Å². The molecule has 0 N–H and O–H groups in total. The van der Waals surface area contributed by atoms with Crippen molar-refractivity contribution in [1.29, 1.82) is 0 Å². The number of hydrogen-bond acceptors (Lipinski definition) is 6. The van der Waals surface area contributed by atoms with Crippen LogP contribution in [0.1, 0.15) is 41.4 Å². The maximum Gasteiger partial charge on any atom is 0.282 e. The number of thiazole rings is 1. The Labute approximate surface area is 130 Å². The van der Waals surface area contributed by atoms with Gasteiger partial charge < -0.3 is 0 Å². The topological polar surface area (TPSA) is 73.6 Å². The van der Waals surface area contributed by atoms with Gasteiger partial charge in [-0.1, -0.05) is 0 Å². The number of aromatic nitrogens is 5. The van der Waals surface area contributed by atoms with E-state index < -0.39 is 0 Å². The van der Waals surface area contributed by atoms with E-state index in [-0.39, 0.29) is 11.6 Å². The van der Waals surface area contributed by atoms with Gasteiger partial charge in [-0.15, -0.1) is 11.3 Å². The first-order chi connectivity index (χ1) is 10.7. The van der Waals surface area contributed by atoms with Gasteiger partial charge in [0.15, 0.2) is 11.2 Å². The summed E-state index contributed by atoms with van der Waals surface area (Å²) in [4.78, 5) is 31.1. The van der Waals surface area contributed by atoms with Crippen molar-refractivity contribution in [3.63, 3.8) is 0 Å². The van der Waals surface area contributed by atoms with E-state index in [0.29, 0.717) is 11.2 Å². The Hall–Kier alpha value is -2.15. The second-order valence-electron chi connectivity index (χ2n) is 5.49. The Morgan fingerprint density at radius 1 is 1.18 bits per heavy atom. The molecule has 0 spiro atoms. The van der Waals surface area contributed by atoms with Gasteiger partial charge in [0.05, 0.1) is 11.7 Å². The van der Waals surface area contributed by atoms with Crippen molar-refractivity contribution in [2.45, 2.75) is 38.6 Å². The average molecular weight is 313 g/mol. The van der Waals surface area contributed by atoms with Crippen molar-refractivity contribution in [3.05, 3.63) is 44.7 Å². The Bertz CT molecular complexity index is 877. The van der Waals surface area contributed by atoms with E-state index in [0.717, 1.165) is 17.8 Å². The largest absolute Gasteiger partial charge is 0.287 e. The monoisotopic (exact) mass is 313 g/mol. The van der Waals surface area contributed by atoms with Crippen LogP contribution in [0.25, 0.3) is 11.2 Å². The molecule has 0 amide bonds. The van der Waals surface area contributed by atoms with Crippen LogP contribution in [-0.2, 0) is 12.8 Å². The molecule has 6 nitrogen and oxygen atoms in total. The highest BCUT2D eigenvalue weighted by Gasteiger charge is 2.21. The van der Waals surface area contributed by atoms with E-state index in [1.165, 1.54) is 35.8 Å². The molecule has 0 saturated carbocycles. The second kappa shape index (κ2) is 5.24. The first-order valence-electron chi connectivity index (χ1n) is 7.40. The van der Waals surface area contributed by atoms with Gasteiger partial charge in [-0.3, -0.25) is 9.36 Å². The first kappa shape index (κ1) is 13.5. The smallest absolute Gasteiger partial charge is 0.282 e. The zero-order valence-corrected chi connectivity index (χ0v) is 13.0. The van der Waals surface area contributed by atoms with Crippen molar-refractivity contribution in [1.82, 2.24) is 24.5 Å². The van der Waals surface area contributed by atoms with Gasteiger partial charge in [0.25, 0.3) is 5.56 Å². The molecule has 0 radical (unpaired) electrons. The molecule has 4 rings (SSSR count). The Morgan fingerprint density at radius 3 is 2.86 bits per heavy atom. The fourth-order valence-electron chi connectivity index (χ4n) is 2.81. The van der Waals surface area contributed by atoms with Crippen molar-refractivity contribution in [2.24, 2.45) is 0 Å². The van der Waals surface area contributed by atoms with Crippen LogP contribution in [0.4, 0.5) is 0 Å². The van der Waals surface area contributed by atoms with E-state index in [1.807, 2.05) is 6.92 Å². The van der Waals surface area contributed by atoms with Crippen LogP contribution in [-0.4, -0.2) is 24.5 Å². The molecule has 0 aliphatic heterocycles. The lowest BCUT2D eigenvalue weighted by Gasteiger charge is -2.11. The third kappa shape index (κ3) is 2.12. The summed E-state index contributed by atoms with van der Waals surface area (Å²) in [6.45, 7) is 1.98. The highest BCUT2D eigenvalue weighted by Crippen LogP contribution is 2.30. The van der Waals surface area contributed by atoms with Gasteiger partial charge >= 0.3 is 0 Å². The Balaban J connectivity index is 1.79. The number of rotatable bonds is 2. The molecule has 0 unspecified atom stereocenters. The normalized spacial score (nSPS) is 15.7. The minimum atomic E-state index is -0.168. The van der Waals surface area contributed by atoms with Gasteiger partial charge in [-0.05, 0) is 32.6 Å². The van der Waals surface area contributed by atoms with Crippen molar-refractivity contribution >= 4 is 22.5 Å². The van der Waals surface area contributed by atoms with Crippen molar-refractivity contribution in [2.75, 3.05) is 0 Å². The molecule has 112 valence electrons. The number of nitrogens with zero attached hydrogens (tertiary/aromatic N) is 5. The van der Waals surface area contributed by atoms with Crippen LogP contribution in [0.15, 0.2) is 23.5 Å². The molecule has 3 heterocycles. The molecule has 7 heteroatoms. The van der Waals surface area contributed by atoms with E-state index in [9.17, 15) is 4.79 Å². The quantitative estimate of drug-likeness (QED) is 0.724. The minimum absolute atomic E-state index is 0.137. The predicted molar refractivity (Wildman–Crippen MR) is 84.2 cm³/mol. The predicted octanol–water partition coefficient (Wildman–Crippen LogP) is 2.13. The van der Waals surface area contributed by atoms with Gasteiger partial charge in [-0.2, -0.15) is 0 Å². The van der Waals surface area contributed by atoms with Gasteiger partial charge in [0.2, 0.25) is 0 Å². The van der Waals surface area contributed by atoms with Crippen molar-refractivity contribution in [3.8, 4) is 0 Å². The molecule has 1 aliphatic carbocycles. The van der Waals surface area contributed by atoms with Gasteiger partial charge in [0, 0.05) is 17.3 Å². The fourth-order valence-corrected chi connectivity index (χ4v) is 4.02. The van der Waals surface area contributed by atoms with E-state index in [1.54, 1.807) is 22.2 Å². The maximum absolute atomic E-state index is 12.6. The molecular formula is C15H15N5OS. The molecule has 3 aromatic rings. The zero-order chi connectivity index (χ0) is 15.1. The average Bonchev–Trinajstić information content (AvgIpc) is 2.99. The summed E-state index contributed by atoms with van der Waals surface area (Å²) in [5.41, 5.74) is 1.73. The standard InChI is InChI=1S/C15H15N5OS/c1-9(14-19-10-4-2-3-5-11(10)22-14)20-8-18-13-12(15(20)21)16-6-7-17-13/h6-9H,2-5H2,1H3/t9-/m0/s1. The highest BCUT2D eigenvalue weighted by atomic mass is 32.1. The molecule has 1 atom stereocenters. The zero-order valence-electron chi connectivity index (χ0n) is 12.2. The molecule has 0 bridgehead atoms. The maximum atomic E-state index is 12.6. The molecule has 3 aromatic heterocycles. The summed E-state index contributed by atoms with van der Waals surface area (Å²) in [5.74, 6) is 0. The van der Waals surface area contributed by atoms with E-state index >= 15 is 0 Å². The van der Waals surface area contributed by atoms with Gasteiger partial charge in [-0.25, -0.2) is 19.9 Å². The van der Waals surface area contributed by atoms with Crippen LogP contribution in [0.5, 0.6) is 0 Å². The summed E-state index contributed by atoms with van der Waals surface area (Å²) in [6, 6.07) is -0.137. The summed E-state index contributed by atoms with van der Waals surface area (Å²) >= 11 is 1.72. The lowest BCUT2D eigenvalue weighted by atomic mass is 10.0. The molecular weight excluding hydrogens is 298 g/mol. The highest BCUT2D eigenvalue weighted by molar-refractivity contribution is 7.11. The molecule has 1 aliphatic rings. The molecule has 0 fully saturated rings. The Morgan fingerprint density at radius 2 is 2.00 bits per heavy atom. The molecule has 0 saturated heterocycles. The van der Waals surface area contributed by atoms with E-state index in [4.69, 9.17) is 4.98 Å². The van der Waals surface area contributed by atoms with Crippen molar-refractivity contribution < 1.29 is 0 Å². The fraction of sp³-hybridized carbons (Fsp3) is 0.400. The summed E-state index contributed by atoms with van der Waals surface area (Å²) in [6.07, 6.45) is 9.20. The van der Waals surface area contributed by atoms with Crippen LogP contribution in [0.2, 0.25) is 0 Å². The summed E-state index contributed by atoms with van der Waals surface area (Å²) < 4.78 is 1.60. The number of hydrogen-bond donors (Lipinski definition) is 0. The minimum Gasteiger partial charge on any atom is -0.287 e. The third-order valence-corrected chi connectivity index (χ3v) is 5.38. The number of fused-ring (bicyclic) bond motifs is 2. The lowest BCUT2D eigenvalue weighted by Crippen LogP contribution is -2.25. The van der Waals surface area contributed by atoms with Crippen LogP contribution >= 0.6 is 11.3 Å². The number of aryl methyl sites for hydroxylation is 2. The second-order valence-corrected chi connectivity index (χ2v) is 6.61. The summed E-state index contributed by atoms with van der Waals surface area (Å²) in [5, 5.41) is 0.971. The lowest BCUT2D eigenvalue weighted by molar-refractivity contribution is 0.598. The van der Waals surface area contributed by atoms with E-state index in [2.05, 4.69) is 15.0 Å². The first-order valence-corrected chi connectivity index (χ1v) is 8.22. The third-order valence-electron chi connectivity index (χ3n) is 4.06. The summed E-state index contributed by atoms with van der Waals surface area (Å²) in [7, 11) is 0. The molecule has 0 aromatic carbocycles. The van der Waals surface area contributed by atoms with Gasteiger partial charge in [0.1, 0.15) is 11.3 Å². The Kier molecular flexibility index (Phi) is 3.22. The SMILES string of the molecule is C[C@@H](c1nc2c(s1)CCCC2)n1cnc2nccnc2c1=O. The van der Waals surface area contributed by atoms with Crippen LogP contribution < -0.4 is 5.56 Å². The van der Waals surface area contributed by atoms with Crippen LogP contribution in [0.3, 0.4) is 0 Å².